The fraction of sp³-hybridized carbons (Fsp3) is 0.500. The predicted molar refractivity (Wildman–Crippen MR) is 75.0 cm³/mol. The third kappa shape index (κ3) is 2.38. The van der Waals surface area contributed by atoms with E-state index < -0.39 is 0 Å². The number of benzene rings is 1. The summed E-state index contributed by atoms with van der Waals surface area (Å²) in [4.78, 5) is 2.52. The van der Waals surface area contributed by atoms with Crippen molar-refractivity contribution in [1.82, 2.24) is 14.7 Å². The van der Waals surface area contributed by atoms with E-state index >= 15 is 0 Å². The molecule has 0 bridgehead atoms. The van der Waals surface area contributed by atoms with Gasteiger partial charge in [0.2, 0.25) is 0 Å². The van der Waals surface area contributed by atoms with Gasteiger partial charge in [-0.2, -0.15) is 5.10 Å². The summed E-state index contributed by atoms with van der Waals surface area (Å²) in [6, 6.07) is 8.16. The van der Waals surface area contributed by atoms with Gasteiger partial charge in [-0.1, -0.05) is 30.2 Å². The van der Waals surface area contributed by atoms with Gasteiger partial charge in [-0.15, -0.1) is 0 Å². The number of halogens is 1. The van der Waals surface area contributed by atoms with Gasteiger partial charge in [0.1, 0.15) is 0 Å². The van der Waals surface area contributed by atoms with Crippen LogP contribution < -0.4 is 0 Å². The van der Waals surface area contributed by atoms with Crippen LogP contribution in [0.5, 0.6) is 0 Å². The van der Waals surface area contributed by atoms with Crippen molar-refractivity contribution in [2.24, 2.45) is 0 Å². The fourth-order valence-corrected chi connectivity index (χ4v) is 2.93. The van der Waals surface area contributed by atoms with Crippen LogP contribution >= 0.6 is 11.6 Å². The molecule has 1 aromatic heterocycles. The normalized spacial score (nSPS) is 17.4. The van der Waals surface area contributed by atoms with Gasteiger partial charge in [-0.25, -0.2) is 0 Å². The molecule has 0 spiro atoms. The molecule has 0 saturated carbocycles. The van der Waals surface area contributed by atoms with Crippen LogP contribution in [0.2, 0.25) is 5.15 Å². The van der Waals surface area contributed by atoms with Gasteiger partial charge in [0.15, 0.2) is 5.15 Å². The number of hydrogen-bond donors (Lipinski definition) is 0. The Balaban J connectivity index is 1.74. The molecule has 0 aliphatic carbocycles. The molecule has 18 heavy (non-hydrogen) atoms. The van der Waals surface area contributed by atoms with Gasteiger partial charge >= 0.3 is 0 Å². The van der Waals surface area contributed by atoms with E-state index in [2.05, 4.69) is 16.1 Å². The minimum Gasteiger partial charge on any atom is -0.301 e. The van der Waals surface area contributed by atoms with Gasteiger partial charge in [0.05, 0.1) is 12.1 Å². The van der Waals surface area contributed by atoms with E-state index in [9.17, 15) is 0 Å². The Morgan fingerprint density at radius 2 is 1.83 bits per heavy atom. The largest absolute Gasteiger partial charge is 0.301 e. The molecule has 1 aliphatic rings. The standard InChI is InChI=1S/C14H18ClN3/c15-14-12-6-2-3-7-13(12)18(16-14)11-10-17-8-4-1-5-9-17/h2-3,6-7H,1,4-5,8-11H2. The molecular weight excluding hydrogens is 246 g/mol. The number of hydrogen-bond acceptors (Lipinski definition) is 2. The lowest BCUT2D eigenvalue weighted by atomic mass is 10.1. The summed E-state index contributed by atoms with van der Waals surface area (Å²) in [6.07, 6.45) is 4.05. The smallest absolute Gasteiger partial charge is 0.158 e. The molecule has 0 radical (unpaired) electrons. The molecule has 4 heteroatoms. The van der Waals surface area contributed by atoms with E-state index in [4.69, 9.17) is 11.6 Å². The van der Waals surface area contributed by atoms with Crippen LogP contribution in [0.4, 0.5) is 0 Å². The molecule has 1 aromatic carbocycles. The van der Waals surface area contributed by atoms with Crippen LogP contribution in [-0.4, -0.2) is 34.3 Å². The van der Waals surface area contributed by atoms with E-state index in [0.29, 0.717) is 5.15 Å². The van der Waals surface area contributed by atoms with Crippen molar-refractivity contribution in [3.8, 4) is 0 Å². The second-order valence-electron chi connectivity index (χ2n) is 4.93. The Morgan fingerprint density at radius 1 is 1.06 bits per heavy atom. The summed E-state index contributed by atoms with van der Waals surface area (Å²) < 4.78 is 2.03. The van der Waals surface area contributed by atoms with Crippen LogP contribution in [0.25, 0.3) is 10.9 Å². The minimum absolute atomic E-state index is 0.615. The topological polar surface area (TPSA) is 21.1 Å². The van der Waals surface area contributed by atoms with E-state index in [1.165, 1.54) is 32.4 Å². The van der Waals surface area contributed by atoms with E-state index in [1.54, 1.807) is 0 Å². The monoisotopic (exact) mass is 263 g/mol. The maximum Gasteiger partial charge on any atom is 0.158 e. The van der Waals surface area contributed by atoms with Crippen molar-refractivity contribution < 1.29 is 0 Å². The molecule has 2 aromatic rings. The van der Waals surface area contributed by atoms with Gasteiger partial charge in [0, 0.05) is 11.9 Å². The summed E-state index contributed by atoms with van der Waals surface area (Å²) in [5.74, 6) is 0. The number of rotatable bonds is 3. The van der Waals surface area contributed by atoms with Gasteiger partial charge in [0.25, 0.3) is 0 Å². The number of likely N-dealkylation sites (tertiary alicyclic amines) is 1. The Morgan fingerprint density at radius 3 is 2.67 bits per heavy atom. The molecule has 0 amide bonds. The van der Waals surface area contributed by atoms with Crippen LogP contribution in [0.1, 0.15) is 19.3 Å². The second-order valence-corrected chi connectivity index (χ2v) is 5.29. The summed E-state index contributed by atoms with van der Waals surface area (Å²) >= 11 is 6.15. The highest BCUT2D eigenvalue weighted by molar-refractivity contribution is 6.34. The van der Waals surface area contributed by atoms with Crippen LogP contribution in [0.3, 0.4) is 0 Å². The van der Waals surface area contributed by atoms with Crippen LogP contribution in [0, 0.1) is 0 Å². The van der Waals surface area contributed by atoms with Crippen molar-refractivity contribution in [2.45, 2.75) is 25.8 Å². The third-order valence-electron chi connectivity index (χ3n) is 3.69. The van der Waals surface area contributed by atoms with Crippen molar-refractivity contribution in [3.05, 3.63) is 29.4 Å². The first-order valence-electron chi connectivity index (χ1n) is 6.68. The average Bonchev–Trinajstić information content (AvgIpc) is 2.75. The van der Waals surface area contributed by atoms with Gasteiger partial charge in [-0.3, -0.25) is 4.68 Å². The number of para-hydroxylation sites is 1. The number of piperidine rings is 1. The predicted octanol–water partition coefficient (Wildman–Crippen LogP) is 3.18. The van der Waals surface area contributed by atoms with Crippen molar-refractivity contribution in [1.29, 1.82) is 0 Å². The minimum atomic E-state index is 0.615. The number of nitrogens with zero attached hydrogens (tertiary/aromatic N) is 3. The third-order valence-corrected chi connectivity index (χ3v) is 3.97. The van der Waals surface area contributed by atoms with Crippen molar-refractivity contribution >= 4 is 22.5 Å². The van der Waals surface area contributed by atoms with Crippen LogP contribution in [-0.2, 0) is 6.54 Å². The summed E-state index contributed by atoms with van der Waals surface area (Å²) in [5, 5.41) is 6.10. The van der Waals surface area contributed by atoms with E-state index in [0.717, 1.165) is 24.0 Å². The first kappa shape index (κ1) is 12.0. The zero-order valence-electron chi connectivity index (χ0n) is 10.5. The fourth-order valence-electron chi connectivity index (χ4n) is 2.68. The van der Waals surface area contributed by atoms with Crippen molar-refractivity contribution in [2.75, 3.05) is 19.6 Å². The highest BCUT2D eigenvalue weighted by atomic mass is 35.5. The first-order valence-corrected chi connectivity index (χ1v) is 7.06. The maximum atomic E-state index is 6.15. The molecule has 3 rings (SSSR count). The number of aromatic nitrogens is 2. The van der Waals surface area contributed by atoms with Crippen molar-refractivity contribution in [3.63, 3.8) is 0 Å². The lowest BCUT2D eigenvalue weighted by Gasteiger charge is -2.26. The van der Waals surface area contributed by atoms with E-state index in [1.807, 2.05) is 22.9 Å². The maximum absolute atomic E-state index is 6.15. The van der Waals surface area contributed by atoms with E-state index in [-0.39, 0.29) is 0 Å². The molecule has 1 aliphatic heterocycles. The molecule has 2 heterocycles. The Kier molecular flexibility index (Phi) is 3.52. The molecular formula is C14H18ClN3. The highest BCUT2D eigenvalue weighted by Gasteiger charge is 2.12. The SMILES string of the molecule is Clc1nn(CCN2CCCCC2)c2ccccc12. The molecule has 0 N–H and O–H groups in total. The zero-order valence-corrected chi connectivity index (χ0v) is 11.2. The lowest BCUT2D eigenvalue weighted by Crippen LogP contribution is -2.32. The zero-order chi connectivity index (χ0) is 12.4. The molecule has 3 nitrogen and oxygen atoms in total. The quantitative estimate of drug-likeness (QED) is 0.848. The molecule has 0 atom stereocenters. The average molecular weight is 264 g/mol. The second kappa shape index (κ2) is 5.29. The Labute approximate surface area is 112 Å². The molecule has 1 saturated heterocycles. The first-order chi connectivity index (χ1) is 8.84. The van der Waals surface area contributed by atoms with Gasteiger partial charge in [-0.05, 0) is 38.1 Å². The van der Waals surface area contributed by atoms with Crippen LogP contribution in [0.15, 0.2) is 24.3 Å². The molecule has 96 valence electrons. The lowest BCUT2D eigenvalue weighted by molar-refractivity contribution is 0.219. The summed E-state index contributed by atoms with van der Waals surface area (Å²) in [7, 11) is 0. The summed E-state index contributed by atoms with van der Waals surface area (Å²) in [6.45, 7) is 4.45. The molecule has 1 fully saturated rings. The molecule has 0 unspecified atom stereocenters. The highest BCUT2D eigenvalue weighted by Crippen LogP contribution is 2.22. The Hall–Kier alpha value is -1.06. The Bertz CT molecular complexity index is 529. The summed E-state index contributed by atoms with van der Waals surface area (Å²) in [5.41, 5.74) is 1.14. The number of fused-ring (bicyclic) bond motifs is 1. The van der Waals surface area contributed by atoms with Gasteiger partial charge < -0.3 is 4.90 Å².